The van der Waals surface area contributed by atoms with Crippen LogP contribution in [0.2, 0.25) is 0 Å². The van der Waals surface area contributed by atoms with Gasteiger partial charge in [-0.1, -0.05) is 12.1 Å². The fraction of sp³-hybridized carbons (Fsp3) is 0. The van der Waals surface area contributed by atoms with E-state index >= 15 is 0 Å². The second-order valence-electron chi connectivity index (χ2n) is 3.04. The van der Waals surface area contributed by atoms with Gasteiger partial charge < -0.3 is 5.32 Å². The third-order valence-electron chi connectivity index (χ3n) is 1.92. The molecule has 5 heteroatoms. The molecule has 82 valence electrons. The molecule has 1 aromatic heterocycles. The largest absolute Gasteiger partial charge is 0.319 e. The molecule has 0 saturated carbocycles. The monoisotopic (exact) mass is 299 g/mol. The normalized spacial score (nSPS) is 10.1. The first-order valence-electron chi connectivity index (χ1n) is 4.48. The summed E-state index contributed by atoms with van der Waals surface area (Å²) in [5.41, 5.74) is 0.192. The molecule has 2 nitrogen and oxygen atoms in total. The molecule has 0 unspecified atom stereocenters. The predicted molar refractivity (Wildman–Crippen MR) is 66.4 cm³/mol. The first-order valence-corrected chi connectivity index (χ1v) is 6.09. The Morgan fingerprint density at radius 3 is 2.62 bits per heavy atom. The zero-order chi connectivity index (χ0) is 11.5. The van der Waals surface area contributed by atoms with E-state index < -0.39 is 5.82 Å². The van der Waals surface area contributed by atoms with Crippen LogP contribution in [0, 0.1) is 5.82 Å². The SMILES string of the molecule is O=C(Nc1ccccc1F)c1ccc(Br)s1. The molecule has 1 aromatic carbocycles. The van der Waals surface area contributed by atoms with Crippen LogP contribution in [0.4, 0.5) is 10.1 Å². The maximum atomic E-state index is 13.3. The maximum Gasteiger partial charge on any atom is 0.265 e. The highest BCUT2D eigenvalue weighted by molar-refractivity contribution is 9.11. The molecule has 0 fully saturated rings. The summed E-state index contributed by atoms with van der Waals surface area (Å²) in [6.45, 7) is 0. The number of carbonyl (C=O) groups excluding carboxylic acids is 1. The van der Waals surface area contributed by atoms with Gasteiger partial charge in [0.05, 0.1) is 14.4 Å². The molecule has 0 aliphatic rings. The van der Waals surface area contributed by atoms with Gasteiger partial charge in [-0.15, -0.1) is 11.3 Å². The molecule has 2 rings (SSSR count). The Morgan fingerprint density at radius 2 is 2.00 bits per heavy atom. The summed E-state index contributed by atoms with van der Waals surface area (Å²) in [5.74, 6) is -0.743. The number of benzene rings is 1. The number of rotatable bonds is 2. The molecule has 0 atom stereocenters. The van der Waals surface area contributed by atoms with E-state index in [-0.39, 0.29) is 11.6 Å². The molecular formula is C11H7BrFNOS. The molecule has 0 aliphatic carbocycles. The number of hydrogen-bond donors (Lipinski definition) is 1. The average molecular weight is 300 g/mol. The van der Waals surface area contributed by atoms with Crippen molar-refractivity contribution in [3.05, 3.63) is 50.9 Å². The summed E-state index contributed by atoms with van der Waals surface area (Å²) in [7, 11) is 0. The maximum absolute atomic E-state index is 13.3. The predicted octanol–water partition coefficient (Wildman–Crippen LogP) is 3.90. The van der Waals surface area contributed by atoms with E-state index in [0.29, 0.717) is 4.88 Å². The van der Waals surface area contributed by atoms with E-state index in [9.17, 15) is 9.18 Å². The summed E-state index contributed by atoms with van der Waals surface area (Å²) in [6.07, 6.45) is 0. The highest BCUT2D eigenvalue weighted by Gasteiger charge is 2.10. The van der Waals surface area contributed by atoms with Crippen molar-refractivity contribution in [2.75, 3.05) is 5.32 Å². The first-order chi connectivity index (χ1) is 7.66. The number of anilines is 1. The minimum atomic E-state index is -0.438. The Balaban J connectivity index is 2.17. The number of hydrogen-bond acceptors (Lipinski definition) is 2. The van der Waals surface area contributed by atoms with Crippen LogP contribution in [-0.4, -0.2) is 5.91 Å². The molecule has 0 spiro atoms. The van der Waals surface area contributed by atoms with E-state index in [1.165, 1.54) is 23.5 Å². The molecule has 2 aromatic rings. The Bertz CT molecular complexity index is 526. The van der Waals surface area contributed by atoms with Crippen LogP contribution in [0.1, 0.15) is 9.67 Å². The summed E-state index contributed by atoms with van der Waals surface area (Å²) in [4.78, 5) is 12.2. The Labute approximate surface area is 104 Å². The lowest BCUT2D eigenvalue weighted by Gasteiger charge is -2.03. The van der Waals surface area contributed by atoms with Crippen LogP contribution < -0.4 is 5.32 Å². The van der Waals surface area contributed by atoms with E-state index in [4.69, 9.17) is 0 Å². The zero-order valence-corrected chi connectivity index (χ0v) is 10.4. The van der Waals surface area contributed by atoms with Crippen molar-refractivity contribution < 1.29 is 9.18 Å². The molecule has 0 radical (unpaired) electrons. The van der Waals surface area contributed by atoms with Gasteiger partial charge in [-0.2, -0.15) is 0 Å². The van der Waals surface area contributed by atoms with E-state index in [2.05, 4.69) is 21.2 Å². The summed E-state index contributed by atoms with van der Waals surface area (Å²) in [5, 5.41) is 2.52. The van der Waals surface area contributed by atoms with Gasteiger partial charge in [-0.05, 0) is 40.2 Å². The average Bonchev–Trinajstić information content (AvgIpc) is 2.68. The van der Waals surface area contributed by atoms with Crippen molar-refractivity contribution in [1.29, 1.82) is 0 Å². The van der Waals surface area contributed by atoms with Crippen molar-refractivity contribution in [2.24, 2.45) is 0 Å². The molecule has 0 aliphatic heterocycles. The Hall–Kier alpha value is -1.20. The van der Waals surface area contributed by atoms with Crippen molar-refractivity contribution in [3.8, 4) is 0 Å². The number of para-hydroxylation sites is 1. The fourth-order valence-corrected chi connectivity index (χ4v) is 2.46. The lowest BCUT2D eigenvalue weighted by molar-refractivity contribution is 0.103. The number of thiophene rings is 1. The van der Waals surface area contributed by atoms with Gasteiger partial charge in [0.1, 0.15) is 5.82 Å². The van der Waals surface area contributed by atoms with Gasteiger partial charge in [-0.3, -0.25) is 4.79 Å². The van der Waals surface area contributed by atoms with E-state index in [1.807, 2.05) is 0 Å². The van der Waals surface area contributed by atoms with Gasteiger partial charge in [0.15, 0.2) is 0 Å². The topological polar surface area (TPSA) is 29.1 Å². The second-order valence-corrected chi connectivity index (χ2v) is 5.50. The minimum absolute atomic E-state index is 0.192. The fourth-order valence-electron chi connectivity index (χ4n) is 1.18. The van der Waals surface area contributed by atoms with E-state index in [1.54, 1.807) is 24.3 Å². The van der Waals surface area contributed by atoms with Crippen LogP contribution in [0.25, 0.3) is 0 Å². The van der Waals surface area contributed by atoms with Crippen molar-refractivity contribution in [2.45, 2.75) is 0 Å². The van der Waals surface area contributed by atoms with Crippen molar-refractivity contribution in [1.82, 2.24) is 0 Å². The Kier molecular flexibility index (Phi) is 3.36. The van der Waals surface area contributed by atoms with Crippen LogP contribution in [0.3, 0.4) is 0 Å². The molecule has 0 bridgehead atoms. The van der Waals surface area contributed by atoms with Gasteiger partial charge in [0.2, 0.25) is 0 Å². The van der Waals surface area contributed by atoms with Gasteiger partial charge in [0, 0.05) is 0 Å². The summed E-state index contributed by atoms with van der Waals surface area (Å²) < 4.78 is 14.1. The van der Waals surface area contributed by atoms with E-state index in [0.717, 1.165) is 3.79 Å². The third-order valence-corrected chi connectivity index (χ3v) is 3.54. The quantitative estimate of drug-likeness (QED) is 0.895. The molecule has 1 heterocycles. The second kappa shape index (κ2) is 4.76. The van der Waals surface area contributed by atoms with Gasteiger partial charge in [-0.25, -0.2) is 4.39 Å². The number of amides is 1. The highest BCUT2D eigenvalue weighted by atomic mass is 79.9. The smallest absolute Gasteiger partial charge is 0.265 e. The number of nitrogens with one attached hydrogen (secondary N) is 1. The Morgan fingerprint density at radius 1 is 1.25 bits per heavy atom. The third kappa shape index (κ3) is 2.48. The standard InChI is InChI=1S/C11H7BrFNOS/c12-10-6-5-9(16-10)11(15)14-8-4-2-1-3-7(8)13/h1-6H,(H,14,15). The van der Waals surface area contributed by atoms with Crippen LogP contribution >= 0.6 is 27.3 Å². The first kappa shape index (κ1) is 11.3. The van der Waals surface area contributed by atoms with Crippen LogP contribution in [-0.2, 0) is 0 Å². The van der Waals surface area contributed by atoms with Gasteiger partial charge in [0.25, 0.3) is 5.91 Å². The molecular weight excluding hydrogens is 293 g/mol. The number of carbonyl (C=O) groups is 1. The lowest BCUT2D eigenvalue weighted by atomic mass is 10.3. The zero-order valence-electron chi connectivity index (χ0n) is 8.04. The molecule has 1 N–H and O–H groups in total. The summed E-state index contributed by atoms with van der Waals surface area (Å²) >= 11 is 4.57. The molecule has 16 heavy (non-hydrogen) atoms. The van der Waals surface area contributed by atoms with Crippen molar-refractivity contribution in [3.63, 3.8) is 0 Å². The van der Waals surface area contributed by atoms with Gasteiger partial charge >= 0.3 is 0 Å². The number of halogens is 2. The van der Waals surface area contributed by atoms with Crippen molar-refractivity contribution >= 4 is 38.9 Å². The lowest BCUT2D eigenvalue weighted by Crippen LogP contribution is -2.11. The highest BCUT2D eigenvalue weighted by Crippen LogP contribution is 2.23. The molecule has 0 saturated heterocycles. The minimum Gasteiger partial charge on any atom is -0.319 e. The van der Waals surface area contributed by atoms with Crippen LogP contribution in [0.15, 0.2) is 40.2 Å². The molecule has 1 amide bonds. The van der Waals surface area contributed by atoms with Crippen LogP contribution in [0.5, 0.6) is 0 Å². The summed E-state index contributed by atoms with van der Waals surface area (Å²) in [6, 6.07) is 9.54.